The number of carbonyl (C=O) groups is 1. The van der Waals surface area contributed by atoms with Crippen molar-refractivity contribution in [1.82, 2.24) is 5.32 Å². The molecule has 1 aromatic carbocycles. The molecule has 0 fully saturated rings. The van der Waals surface area contributed by atoms with Crippen LogP contribution in [0, 0.1) is 30.4 Å². The fraction of sp³-hybridized carbons (Fsp3) is 0.308. The van der Waals surface area contributed by atoms with Crippen molar-refractivity contribution in [2.24, 2.45) is 0 Å². The molecular weight excluding hydrogens is 224 g/mol. The van der Waals surface area contributed by atoms with E-state index in [2.05, 4.69) is 17.2 Å². The van der Waals surface area contributed by atoms with Crippen molar-refractivity contribution in [2.75, 3.05) is 6.54 Å². The molecule has 0 atom stereocenters. The summed E-state index contributed by atoms with van der Waals surface area (Å²) in [4.78, 5) is 10.6. The molecule has 0 aliphatic heterocycles. The first-order valence-electron chi connectivity index (χ1n) is 5.20. The van der Waals surface area contributed by atoms with Crippen molar-refractivity contribution in [3.05, 3.63) is 34.9 Å². The number of nitrogens with one attached hydrogen (secondary N) is 1. The summed E-state index contributed by atoms with van der Waals surface area (Å²) in [5.41, 5.74) is 0.670. The van der Waals surface area contributed by atoms with E-state index in [1.54, 1.807) is 0 Å². The normalized spacial score (nSPS) is 9.41. The molecule has 0 radical (unpaired) electrons. The topological polar surface area (TPSA) is 29.1 Å². The Morgan fingerprint density at radius 2 is 2.12 bits per heavy atom. The van der Waals surface area contributed by atoms with Crippen molar-refractivity contribution in [2.45, 2.75) is 20.3 Å². The van der Waals surface area contributed by atoms with Gasteiger partial charge in [-0.1, -0.05) is 11.8 Å². The molecule has 1 amide bonds. The molecule has 0 aromatic heterocycles. The van der Waals surface area contributed by atoms with Crippen molar-refractivity contribution in [3.8, 4) is 11.8 Å². The van der Waals surface area contributed by atoms with Gasteiger partial charge in [-0.2, -0.15) is 0 Å². The molecular formula is C13H13F2NO. The second-order valence-electron chi connectivity index (χ2n) is 3.57. The minimum Gasteiger partial charge on any atom is -0.355 e. The molecule has 1 rings (SSSR count). The molecule has 17 heavy (non-hydrogen) atoms. The Labute approximate surface area is 99.0 Å². The smallest absolute Gasteiger partial charge is 0.216 e. The number of benzene rings is 1. The Hall–Kier alpha value is -1.89. The van der Waals surface area contributed by atoms with Crippen LogP contribution >= 0.6 is 0 Å². The maximum atomic E-state index is 13.2. The minimum atomic E-state index is -0.869. The maximum absolute atomic E-state index is 13.2. The van der Waals surface area contributed by atoms with E-state index in [1.807, 2.05) is 0 Å². The van der Waals surface area contributed by atoms with Crippen LogP contribution in [-0.2, 0) is 4.79 Å². The fourth-order valence-electron chi connectivity index (χ4n) is 1.25. The number of halogens is 2. The van der Waals surface area contributed by atoms with E-state index in [0.29, 0.717) is 18.5 Å². The molecule has 0 saturated heterocycles. The van der Waals surface area contributed by atoms with Gasteiger partial charge in [0, 0.05) is 31.0 Å². The lowest BCUT2D eigenvalue weighted by molar-refractivity contribution is -0.118. The summed E-state index contributed by atoms with van der Waals surface area (Å²) in [7, 11) is 0. The van der Waals surface area contributed by atoms with Crippen LogP contribution in [0.3, 0.4) is 0 Å². The number of carbonyl (C=O) groups excluding carboxylic acids is 1. The Morgan fingerprint density at radius 1 is 1.41 bits per heavy atom. The summed E-state index contributed by atoms with van der Waals surface area (Å²) in [6, 6.07) is 2.50. The lowest BCUT2D eigenvalue weighted by Crippen LogP contribution is -2.20. The average molecular weight is 237 g/mol. The summed E-state index contributed by atoms with van der Waals surface area (Å²) in [5.74, 6) is 3.69. The molecule has 0 bridgehead atoms. The van der Waals surface area contributed by atoms with Gasteiger partial charge in [0.15, 0.2) is 11.6 Å². The third kappa shape index (κ3) is 3.87. The second-order valence-corrected chi connectivity index (χ2v) is 3.57. The summed E-state index contributed by atoms with van der Waals surface area (Å²) in [5, 5.41) is 2.59. The number of amides is 1. The average Bonchev–Trinajstić information content (AvgIpc) is 2.28. The van der Waals surface area contributed by atoms with E-state index in [0.717, 1.165) is 6.07 Å². The van der Waals surface area contributed by atoms with Crippen LogP contribution in [-0.4, -0.2) is 12.5 Å². The predicted octanol–water partition coefficient (Wildman–Crippen LogP) is 2.15. The van der Waals surface area contributed by atoms with E-state index >= 15 is 0 Å². The minimum absolute atomic E-state index is 0.115. The van der Waals surface area contributed by atoms with E-state index in [-0.39, 0.29) is 11.5 Å². The first-order valence-corrected chi connectivity index (χ1v) is 5.20. The van der Waals surface area contributed by atoms with Gasteiger partial charge in [0.05, 0.1) is 0 Å². The first kappa shape index (κ1) is 13.2. The predicted molar refractivity (Wildman–Crippen MR) is 61.3 cm³/mol. The van der Waals surface area contributed by atoms with Crippen LogP contribution in [0.15, 0.2) is 12.1 Å². The van der Waals surface area contributed by atoms with Gasteiger partial charge < -0.3 is 5.32 Å². The van der Waals surface area contributed by atoms with Gasteiger partial charge >= 0.3 is 0 Å². The van der Waals surface area contributed by atoms with Gasteiger partial charge in [-0.3, -0.25) is 4.79 Å². The van der Waals surface area contributed by atoms with Gasteiger partial charge in [0.25, 0.3) is 0 Å². The van der Waals surface area contributed by atoms with Crippen molar-refractivity contribution < 1.29 is 13.6 Å². The maximum Gasteiger partial charge on any atom is 0.216 e. The molecule has 1 N–H and O–H groups in total. The third-order valence-corrected chi connectivity index (χ3v) is 2.19. The lowest BCUT2D eigenvalue weighted by atomic mass is 10.1. The molecule has 1 aromatic rings. The largest absolute Gasteiger partial charge is 0.355 e. The number of hydrogen-bond acceptors (Lipinski definition) is 1. The summed E-state index contributed by atoms with van der Waals surface area (Å²) in [6.07, 6.45) is 0.470. The summed E-state index contributed by atoms with van der Waals surface area (Å²) >= 11 is 0. The second kappa shape index (κ2) is 6.00. The van der Waals surface area contributed by atoms with Crippen LogP contribution in [0.5, 0.6) is 0 Å². The third-order valence-electron chi connectivity index (χ3n) is 2.19. The SMILES string of the molecule is CC(=O)NCCC#Cc1ccc(F)c(F)c1C. The van der Waals surface area contributed by atoms with Crippen LogP contribution in [0.1, 0.15) is 24.5 Å². The van der Waals surface area contributed by atoms with Crippen LogP contribution in [0.25, 0.3) is 0 Å². The van der Waals surface area contributed by atoms with Gasteiger partial charge in [0.2, 0.25) is 5.91 Å². The molecule has 90 valence electrons. The quantitative estimate of drug-likeness (QED) is 0.619. The highest BCUT2D eigenvalue weighted by Crippen LogP contribution is 2.14. The Balaban J connectivity index is 2.66. The zero-order valence-electron chi connectivity index (χ0n) is 9.73. The van der Waals surface area contributed by atoms with Crippen molar-refractivity contribution in [1.29, 1.82) is 0 Å². The highest BCUT2D eigenvalue weighted by molar-refractivity contribution is 5.72. The zero-order valence-corrected chi connectivity index (χ0v) is 9.73. The number of hydrogen-bond donors (Lipinski definition) is 1. The van der Waals surface area contributed by atoms with Crippen LogP contribution in [0.4, 0.5) is 8.78 Å². The van der Waals surface area contributed by atoms with Crippen LogP contribution < -0.4 is 5.32 Å². The van der Waals surface area contributed by atoms with E-state index in [9.17, 15) is 13.6 Å². The Bertz CT molecular complexity index is 486. The summed E-state index contributed by atoms with van der Waals surface area (Å²) < 4.78 is 26.0. The molecule has 0 saturated carbocycles. The molecule has 4 heteroatoms. The molecule has 0 heterocycles. The molecule has 0 unspecified atom stereocenters. The Kier molecular flexibility index (Phi) is 4.65. The fourth-order valence-corrected chi connectivity index (χ4v) is 1.25. The van der Waals surface area contributed by atoms with Crippen molar-refractivity contribution >= 4 is 5.91 Å². The van der Waals surface area contributed by atoms with Gasteiger partial charge in [-0.25, -0.2) is 8.78 Å². The van der Waals surface area contributed by atoms with E-state index < -0.39 is 11.6 Å². The standard InChI is InChI=1S/C13H13F2NO/c1-9-11(6-7-12(14)13(9)15)5-3-4-8-16-10(2)17/h6-7H,4,8H2,1-2H3,(H,16,17). The first-order chi connectivity index (χ1) is 8.02. The molecule has 2 nitrogen and oxygen atoms in total. The Morgan fingerprint density at radius 3 is 2.76 bits per heavy atom. The lowest BCUT2D eigenvalue weighted by Gasteiger charge is -2.00. The highest BCUT2D eigenvalue weighted by Gasteiger charge is 2.07. The van der Waals surface area contributed by atoms with Gasteiger partial charge in [0.1, 0.15) is 0 Å². The highest BCUT2D eigenvalue weighted by atomic mass is 19.2. The zero-order chi connectivity index (χ0) is 12.8. The molecule has 0 aliphatic carbocycles. The van der Waals surface area contributed by atoms with E-state index in [4.69, 9.17) is 0 Å². The van der Waals surface area contributed by atoms with E-state index in [1.165, 1.54) is 19.9 Å². The van der Waals surface area contributed by atoms with Gasteiger partial charge in [-0.05, 0) is 19.1 Å². The molecule has 0 spiro atoms. The number of rotatable bonds is 2. The summed E-state index contributed by atoms with van der Waals surface area (Å²) in [6.45, 7) is 3.36. The van der Waals surface area contributed by atoms with Crippen molar-refractivity contribution in [3.63, 3.8) is 0 Å². The molecule has 0 aliphatic rings. The monoisotopic (exact) mass is 237 g/mol. The van der Waals surface area contributed by atoms with Crippen LogP contribution in [0.2, 0.25) is 0 Å². The van der Waals surface area contributed by atoms with Gasteiger partial charge in [-0.15, -0.1) is 0 Å².